The molecule has 3 atom stereocenters. The van der Waals surface area contributed by atoms with E-state index in [2.05, 4.69) is 10.6 Å². The zero-order valence-corrected chi connectivity index (χ0v) is 11.2. The minimum Gasteiger partial charge on any atom is -0.372 e. The van der Waals surface area contributed by atoms with Crippen LogP contribution in [0.5, 0.6) is 0 Å². The van der Waals surface area contributed by atoms with Gasteiger partial charge >= 0.3 is 0 Å². The molecule has 0 spiro atoms. The summed E-state index contributed by atoms with van der Waals surface area (Å²) in [7, 11) is 1.60. The van der Waals surface area contributed by atoms with Crippen molar-refractivity contribution < 1.29 is 14.3 Å². The maximum Gasteiger partial charge on any atom is 0.223 e. The van der Waals surface area contributed by atoms with Crippen molar-refractivity contribution in [1.82, 2.24) is 10.6 Å². The fourth-order valence-electron chi connectivity index (χ4n) is 2.03. The third kappa shape index (κ3) is 4.49. The summed E-state index contributed by atoms with van der Waals surface area (Å²) in [5, 5.41) is 5.46. The van der Waals surface area contributed by atoms with Crippen molar-refractivity contribution in [2.75, 3.05) is 7.05 Å². The highest BCUT2D eigenvalue weighted by molar-refractivity contribution is 5.79. The average molecular weight is 254 g/mol. The van der Waals surface area contributed by atoms with Crippen LogP contribution in [0.25, 0.3) is 0 Å². The number of amides is 2. The van der Waals surface area contributed by atoms with Crippen LogP contribution in [0.15, 0.2) is 12.2 Å². The molecule has 5 nitrogen and oxygen atoms in total. The van der Waals surface area contributed by atoms with E-state index in [1.807, 2.05) is 26.0 Å². The van der Waals surface area contributed by atoms with Crippen molar-refractivity contribution in [3.05, 3.63) is 12.2 Å². The lowest BCUT2D eigenvalue weighted by atomic mass is 10.1. The van der Waals surface area contributed by atoms with Gasteiger partial charge < -0.3 is 15.4 Å². The van der Waals surface area contributed by atoms with E-state index >= 15 is 0 Å². The highest BCUT2D eigenvalue weighted by Gasteiger charge is 2.33. The summed E-state index contributed by atoms with van der Waals surface area (Å²) in [6.45, 7) is 3.80. The zero-order chi connectivity index (χ0) is 13.5. The lowest BCUT2D eigenvalue weighted by Gasteiger charge is -2.22. The molecule has 1 unspecified atom stereocenters. The van der Waals surface area contributed by atoms with E-state index in [1.54, 1.807) is 7.05 Å². The molecule has 1 aliphatic rings. The molecule has 0 aromatic heterocycles. The van der Waals surface area contributed by atoms with Crippen LogP contribution in [-0.4, -0.2) is 37.1 Å². The Balaban J connectivity index is 2.47. The van der Waals surface area contributed by atoms with Gasteiger partial charge in [0, 0.05) is 7.05 Å². The second kappa shape index (κ2) is 7.16. The molecule has 102 valence electrons. The van der Waals surface area contributed by atoms with E-state index in [-0.39, 0.29) is 30.1 Å². The van der Waals surface area contributed by atoms with Gasteiger partial charge in [0.05, 0.1) is 31.1 Å². The summed E-state index contributed by atoms with van der Waals surface area (Å²) >= 11 is 0. The average Bonchev–Trinajstić information content (AvgIpc) is 2.66. The standard InChI is InChI=1S/C13H22N2O3/c1-4-5-6-10-11(8-13(17)15-10)18-9(2)7-12(16)14-3/h4-5,9-11H,6-8H2,1-3H3,(H,14,16)(H,15,17)/b5-4+/t9?,10-,11+/m1/s1. The van der Waals surface area contributed by atoms with Gasteiger partial charge in [0.2, 0.25) is 11.8 Å². The van der Waals surface area contributed by atoms with Crippen LogP contribution < -0.4 is 10.6 Å². The van der Waals surface area contributed by atoms with Crippen molar-refractivity contribution in [3.8, 4) is 0 Å². The number of nitrogens with one attached hydrogen (secondary N) is 2. The Bertz CT molecular complexity index is 328. The number of allylic oxidation sites excluding steroid dienone is 1. The van der Waals surface area contributed by atoms with Gasteiger partial charge in [-0.1, -0.05) is 12.2 Å². The maximum atomic E-state index is 11.4. The van der Waals surface area contributed by atoms with Gasteiger partial charge in [-0.25, -0.2) is 0 Å². The first-order valence-corrected chi connectivity index (χ1v) is 6.33. The van der Waals surface area contributed by atoms with Gasteiger partial charge in [0.1, 0.15) is 0 Å². The summed E-state index contributed by atoms with van der Waals surface area (Å²) in [5.41, 5.74) is 0. The van der Waals surface area contributed by atoms with Crippen molar-refractivity contribution in [1.29, 1.82) is 0 Å². The van der Waals surface area contributed by atoms with E-state index in [9.17, 15) is 9.59 Å². The minimum atomic E-state index is -0.184. The van der Waals surface area contributed by atoms with Gasteiger partial charge in [-0.05, 0) is 20.3 Å². The summed E-state index contributed by atoms with van der Waals surface area (Å²) < 4.78 is 5.79. The number of carbonyl (C=O) groups excluding carboxylic acids is 2. The fourth-order valence-corrected chi connectivity index (χ4v) is 2.03. The number of carbonyl (C=O) groups is 2. The van der Waals surface area contributed by atoms with Gasteiger partial charge in [-0.15, -0.1) is 0 Å². The van der Waals surface area contributed by atoms with Crippen molar-refractivity contribution >= 4 is 11.8 Å². The largest absolute Gasteiger partial charge is 0.372 e. The fraction of sp³-hybridized carbons (Fsp3) is 0.692. The van der Waals surface area contributed by atoms with Crippen LogP contribution in [0.3, 0.4) is 0 Å². The molecule has 18 heavy (non-hydrogen) atoms. The molecular weight excluding hydrogens is 232 g/mol. The van der Waals surface area contributed by atoms with Gasteiger partial charge in [-0.2, -0.15) is 0 Å². The first-order valence-electron chi connectivity index (χ1n) is 6.33. The number of hydrogen-bond acceptors (Lipinski definition) is 3. The smallest absolute Gasteiger partial charge is 0.223 e. The highest BCUT2D eigenvalue weighted by atomic mass is 16.5. The van der Waals surface area contributed by atoms with E-state index in [4.69, 9.17) is 4.74 Å². The third-order valence-corrected chi connectivity index (χ3v) is 2.97. The molecular formula is C13H22N2O3. The first-order chi connectivity index (χ1) is 8.56. The molecule has 2 N–H and O–H groups in total. The maximum absolute atomic E-state index is 11.4. The molecule has 0 saturated carbocycles. The molecule has 0 aliphatic carbocycles. The number of hydrogen-bond donors (Lipinski definition) is 2. The molecule has 1 fully saturated rings. The minimum absolute atomic E-state index is 0.0147. The SMILES string of the molecule is C/C=C/C[C@H]1NC(=O)C[C@@H]1OC(C)CC(=O)NC. The lowest BCUT2D eigenvalue weighted by molar-refractivity contribution is -0.124. The summed E-state index contributed by atoms with van der Waals surface area (Å²) in [6.07, 6.45) is 5.09. The molecule has 5 heteroatoms. The topological polar surface area (TPSA) is 67.4 Å². The predicted molar refractivity (Wildman–Crippen MR) is 69.0 cm³/mol. The Labute approximate surface area is 108 Å². The molecule has 2 amide bonds. The summed E-state index contributed by atoms with van der Waals surface area (Å²) in [6, 6.07) is 0.0147. The molecule has 1 rings (SSSR count). The summed E-state index contributed by atoms with van der Waals surface area (Å²) in [5.74, 6) is -0.0357. The second-order valence-electron chi connectivity index (χ2n) is 4.55. The van der Waals surface area contributed by atoms with E-state index in [0.29, 0.717) is 12.8 Å². The van der Waals surface area contributed by atoms with Crippen molar-refractivity contribution in [2.45, 2.75) is 51.4 Å². The van der Waals surface area contributed by atoms with E-state index in [0.717, 1.165) is 6.42 Å². The van der Waals surface area contributed by atoms with Crippen LogP contribution in [0.4, 0.5) is 0 Å². The Morgan fingerprint density at radius 2 is 2.39 bits per heavy atom. The first kappa shape index (κ1) is 14.7. The molecule has 0 radical (unpaired) electrons. The molecule has 0 bridgehead atoms. The van der Waals surface area contributed by atoms with E-state index in [1.165, 1.54) is 0 Å². The molecule has 1 aliphatic heterocycles. The third-order valence-electron chi connectivity index (χ3n) is 2.97. The molecule has 1 heterocycles. The Hall–Kier alpha value is -1.36. The Kier molecular flexibility index (Phi) is 5.85. The van der Waals surface area contributed by atoms with Crippen LogP contribution in [0, 0.1) is 0 Å². The van der Waals surface area contributed by atoms with Crippen LogP contribution in [0.2, 0.25) is 0 Å². The van der Waals surface area contributed by atoms with Gasteiger partial charge in [0.15, 0.2) is 0 Å². The van der Waals surface area contributed by atoms with Gasteiger partial charge in [-0.3, -0.25) is 9.59 Å². The van der Waals surface area contributed by atoms with Gasteiger partial charge in [0.25, 0.3) is 0 Å². The number of rotatable bonds is 6. The molecule has 0 aromatic carbocycles. The zero-order valence-electron chi connectivity index (χ0n) is 11.2. The van der Waals surface area contributed by atoms with Crippen molar-refractivity contribution in [2.24, 2.45) is 0 Å². The second-order valence-corrected chi connectivity index (χ2v) is 4.55. The van der Waals surface area contributed by atoms with Crippen LogP contribution in [0.1, 0.15) is 33.1 Å². The predicted octanol–water partition coefficient (Wildman–Crippen LogP) is 0.751. The Morgan fingerprint density at radius 3 is 3.00 bits per heavy atom. The van der Waals surface area contributed by atoms with Crippen LogP contribution >= 0.6 is 0 Å². The highest BCUT2D eigenvalue weighted by Crippen LogP contribution is 2.18. The Morgan fingerprint density at radius 1 is 1.67 bits per heavy atom. The number of ether oxygens (including phenoxy) is 1. The van der Waals surface area contributed by atoms with Crippen molar-refractivity contribution in [3.63, 3.8) is 0 Å². The summed E-state index contributed by atoms with van der Waals surface area (Å²) in [4.78, 5) is 22.6. The lowest BCUT2D eigenvalue weighted by Crippen LogP contribution is -2.35. The van der Waals surface area contributed by atoms with Crippen LogP contribution in [-0.2, 0) is 14.3 Å². The van der Waals surface area contributed by atoms with E-state index < -0.39 is 0 Å². The molecule has 1 saturated heterocycles. The quantitative estimate of drug-likeness (QED) is 0.687. The monoisotopic (exact) mass is 254 g/mol. The normalized spacial score (nSPS) is 25.2. The molecule has 0 aromatic rings.